The van der Waals surface area contributed by atoms with E-state index in [1.165, 1.54) is 14.0 Å². The number of nitrogens with one attached hydrogen (secondary N) is 1. The second-order valence-electron chi connectivity index (χ2n) is 5.07. The first-order valence-electron chi connectivity index (χ1n) is 6.69. The fourth-order valence-corrected chi connectivity index (χ4v) is 2.71. The van der Waals surface area contributed by atoms with E-state index in [2.05, 4.69) is 5.32 Å². The number of carbonyl (C=O) groups is 2. The van der Waals surface area contributed by atoms with Crippen LogP contribution in [0.25, 0.3) is 0 Å². The summed E-state index contributed by atoms with van der Waals surface area (Å²) in [5, 5.41) is 3.01. The van der Waals surface area contributed by atoms with Gasteiger partial charge in [0.15, 0.2) is 11.8 Å². The first kappa shape index (κ1) is 15.6. The van der Waals surface area contributed by atoms with Crippen LogP contribution in [-0.4, -0.2) is 36.4 Å². The van der Waals surface area contributed by atoms with Gasteiger partial charge < -0.3 is 14.8 Å². The lowest BCUT2D eigenvalue weighted by Crippen LogP contribution is -2.55. The monoisotopic (exact) mass is 311 g/mol. The van der Waals surface area contributed by atoms with Crippen LogP contribution in [-0.2, 0) is 9.53 Å². The highest BCUT2D eigenvalue weighted by molar-refractivity contribution is 6.41. The maximum absolute atomic E-state index is 12.6. The van der Waals surface area contributed by atoms with Gasteiger partial charge in [-0.1, -0.05) is 6.07 Å². The highest BCUT2D eigenvalue weighted by Gasteiger charge is 2.50. The molecule has 0 fully saturated rings. The van der Waals surface area contributed by atoms with Crippen molar-refractivity contribution in [2.45, 2.75) is 31.7 Å². The Hall–Kier alpha value is -1.75. The predicted molar refractivity (Wildman–Crippen MR) is 80.4 cm³/mol. The van der Waals surface area contributed by atoms with E-state index in [1.807, 2.05) is 6.92 Å². The summed E-state index contributed by atoms with van der Waals surface area (Å²) >= 11 is 6.33. The number of ether oxygens (including phenoxy) is 2. The lowest BCUT2D eigenvalue weighted by molar-refractivity contribution is -0.144. The number of carbonyl (C=O) groups excluding carboxylic acids is 2. The number of hydrogen-bond acceptors (Lipinski definition) is 5. The average Bonchev–Trinajstić information content (AvgIpc) is 2.43. The predicted octanol–water partition coefficient (Wildman–Crippen LogP) is 2.54. The van der Waals surface area contributed by atoms with Crippen LogP contribution < -0.4 is 10.1 Å². The molecule has 0 aliphatic carbocycles. The standard InChI is InChI=1S/C15H18ClNO4/c1-5-21-14(19)12-15(3,16)13(18)9-7-6-8(2)11(20-4)10(9)17-12/h6-7,12,17H,5H2,1-4H3. The van der Waals surface area contributed by atoms with Gasteiger partial charge in [-0.25, -0.2) is 4.79 Å². The van der Waals surface area contributed by atoms with Crippen molar-refractivity contribution < 1.29 is 19.1 Å². The van der Waals surface area contributed by atoms with Crippen LogP contribution in [0.4, 0.5) is 5.69 Å². The Balaban J connectivity index is 2.56. The van der Waals surface area contributed by atoms with Crippen molar-refractivity contribution in [3.05, 3.63) is 23.3 Å². The molecule has 21 heavy (non-hydrogen) atoms. The number of ketones is 1. The van der Waals surface area contributed by atoms with Crippen LogP contribution in [0.15, 0.2) is 12.1 Å². The molecule has 6 heteroatoms. The maximum Gasteiger partial charge on any atom is 0.330 e. The summed E-state index contributed by atoms with van der Waals surface area (Å²) in [7, 11) is 1.52. The number of hydrogen-bond donors (Lipinski definition) is 1. The van der Waals surface area contributed by atoms with Crippen LogP contribution in [0.5, 0.6) is 5.75 Å². The lowest BCUT2D eigenvalue weighted by atomic mass is 9.85. The normalized spacial score (nSPS) is 24.0. The van der Waals surface area contributed by atoms with Gasteiger partial charge in [0.2, 0.25) is 0 Å². The molecule has 0 saturated heterocycles. The smallest absolute Gasteiger partial charge is 0.330 e. The van der Waals surface area contributed by atoms with Gasteiger partial charge in [0, 0.05) is 5.56 Å². The molecule has 0 bridgehead atoms. The number of benzene rings is 1. The Bertz CT molecular complexity index is 598. The topological polar surface area (TPSA) is 64.6 Å². The van der Waals surface area contributed by atoms with E-state index in [1.54, 1.807) is 19.1 Å². The summed E-state index contributed by atoms with van der Waals surface area (Å²) in [5.74, 6) is -0.353. The molecule has 1 heterocycles. The minimum atomic E-state index is -1.40. The Morgan fingerprint density at radius 3 is 2.71 bits per heavy atom. The molecule has 0 saturated carbocycles. The molecule has 2 unspecified atom stereocenters. The van der Waals surface area contributed by atoms with Crippen LogP contribution in [0.1, 0.15) is 29.8 Å². The van der Waals surface area contributed by atoms with Gasteiger partial charge in [0.1, 0.15) is 10.6 Å². The first-order valence-corrected chi connectivity index (χ1v) is 7.06. The highest BCUT2D eigenvalue weighted by atomic mass is 35.5. The van der Waals surface area contributed by atoms with E-state index < -0.39 is 16.9 Å². The summed E-state index contributed by atoms with van der Waals surface area (Å²) in [4.78, 5) is 23.3. The molecular formula is C15H18ClNO4. The third kappa shape index (κ3) is 2.46. The van der Waals surface area contributed by atoms with E-state index >= 15 is 0 Å². The van der Waals surface area contributed by atoms with Gasteiger partial charge in [-0.3, -0.25) is 4.79 Å². The van der Waals surface area contributed by atoms with Crippen molar-refractivity contribution >= 4 is 29.0 Å². The largest absolute Gasteiger partial charge is 0.494 e. The van der Waals surface area contributed by atoms with Crippen LogP contribution in [0, 0.1) is 6.92 Å². The number of fused-ring (bicyclic) bond motifs is 1. The van der Waals surface area contributed by atoms with E-state index in [4.69, 9.17) is 21.1 Å². The van der Waals surface area contributed by atoms with Gasteiger partial charge in [0.25, 0.3) is 0 Å². The zero-order chi connectivity index (χ0) is 15.8. The van der Waals surface area contributed by atoms with Gasteiger partial charge in [-0.15, -0.1) is 11.6 Å². The highest BCUT2D eigenvalue weighted by Crippen LogP contribution is 2.42. The second-order valence-corrected chi connectivity index (χ2v) is 5.86. The van der Waals surface area contributed by atoms with E-state index in [0.29, 0.717) is 17.0 Å². The zero-order valence-corrected chi connectivity index (χ0v) is 13.2. The van der Waals surface area contributed by atoms with Crippen LogP contribution in [0.2, 0.25) is 0 Å². The average molecular weight is 312 g/mol. The first-order chi connectivity index (χ1) is 9.84. The van der Waals surface area contributed by atoms with E-state index in [0.717, 1.165) is 5.56 Å². The van der Waals surface area contributed by atoms with Crippen molar-refractivity contribution in [1.82, 2.24) is 0 Å². The Labute approximate surface area is 128 Å². The third-order valence-electron chi connectivity index (χ3n) is 3.60. The molecular weight excluding hydrogens is 294 g/mol. The maximum atomic E-state index is 12.6. The molecule has 1 aliphatic heterocycles. The van der Waals surface area contributed by atoms with Crippen LogP contribution >= 0.6 is 11.6 Å². The molecule has 1 aromatic rings. The summed E-state index contributed by atoms with van der Waals surface area (Å²) in [6, 6.07) is 2.51. The fourth-order valence-electron chi connectivity index (χ4n) is 2.46. The number of halogens is 1. The van der Waals surface area contributed by atoms with Crippen molar-refractivity contribution in [3.8, 4) is 5.75 Å². The number of methoxy groups -OCH3 is 1. The van der Waals surface area contributed by atoms with Gasteiger partial charge in [0.05, 0.1) is 19.4 Å². The molecule has 0 aromatic heterocycles. The number of aryl methyl sites for hydroxylation is 1. The van der Waals surface area contributed by atoms with Crippen molar-refractivity contribution in [3.63, 3.8) is 0 Å². The molecule has 2 rings (SSSR count). The minimum absolute atomic E-state index is 0.218. The van der Waals surface area contributed by atoms with Gasteiger partial charge >= 0.3 is 5.97 Å². The molecule has 0 amide bonds. The quantitative estimate of drug-likeness (QED) is 0.686. The van der Waals surface area contributed by atoms with Gasteiger partial charge in [-0.2, -0.15) is 0 Å². The second kappa shape index (κ2) is 5.56. The molecule has 2 atom stereocenters. The number of esters is 1. The van der Waals surface area contributed by atoms with E-state index in [-0.39, 0.29) is 12.4 Å². The molecule has 5 nitrogen and oxygen atoms in total. The fraction of sp³-hybridized carbons (Fsp3) is 0.467. The summed E-state index contributed by atoms with van der Waals surface area (Å²) in [6.07, 6.45) is 0. The number of alkyl halides is 1. The third-order valence-corrected chi connectivity index (χ3v) is 3.99. The van der Waals surface area contributed by atoms with Crippen LogP contribution in [0.3, 0.4) is 0 Å². The van der Waals surface area contributed by atoms with Crippen molar-refractivity contribution in [2.75, 3.05) is 19.0 Å². The molecule has 0 radical (unpaired) electrons. The van der Waals surface area contributed by atoms with Crippen molar-refractivity contribution in [2.24, 2.45) is 0 Å². The molecule has 1 aromatic carbocycles. The van der Waals surface area contributed by atoms with Crippen molar-refractivity contribution in [1.29, 1.82) is 0 Å². The molecule has 114 valence electrons. The molecule has 1 N–H and O–H groups in total. The number of Topliss-reactive ketones (excluding diaryl/α,β-unsaturated/α-hetero) is 1. The summed E-state index contributed by atoms with van der Waals surface area (Å²) in [5.41, 5.74) is 1.76. The summed E-state index contributed by atoms with van der Waals surface area (Å²) < 4.78 is 10.3. The van der Waals surface area contributed by atoms with E-state index in [9.17, 15) is 9.59 Å². The SMILES string of the molecule is CCOC(=O)C1Nc2c(ccc(C)c2OC)C(=O)C1(C)Cl. The molecule has 0 spiro atoms. The number of anilines is 1. The Morgan fingerprint density at radius 2 is 2.14 bits per heavy atom. The zero-order valence-electron chi connectivity index (χ0n) is 12.5. The summed E-state index contributed by atoms with van der Waals surface area (Å²) in [6.45, 7) is 5.29. The Kier molecular flexibility index (Phi) is 4.14. The lowest BCUT2D eigenvalue weighted by Gasteiger charge is -2.36. The molecule has 1 aliphatic rings. The minimum Gasteiger partial charge on any atom is -0.494 e. The van der Waals surface area contributed by atoms with Gasteiger partial charge in [-0.05, 0) is 32.4 Å². The number of rotatable bonds is 3. The Morgan fingerprint density at radius 1 is 1.48 bits per heavy atom.